The van der Waals surface area contributed by atoms with E-state index in [1.165, 1.54) is 18.9 Å². The lowest BCUT2D eigenvalue weighted by Crippen LogP contribution is -1.88. The first-order valence-electron chi connectivity index (χ1n) is 5.83. The van der Waals surface area contributed by atoms with Gasteiger partial charge in [-0.05, 0) is 18.7 Å². The van der Waals surface area contributed by atoms with E-state index < -0.39 is 0 Å². The van der Waals surface area contributed by atoms with Gasteiger partial charge in [0.25, 0.3) is 0 Å². The fraction of sp³-hybridized carbons (Fsp3) is 0.429. The van der Waals surface area contributed by atoms with Gasteiger partial charge in [0.1, 0.15) is 5.70 Å². The van der Waals surface area contributed by atoms with Gasteiger partial charge in [0, 0.05) is 6.21 Å². The van der Waals surface area contributed by atoms with Crippen molar-refractivity contribution in [1.82, 2.24) is 0 Å². The van der Waals surface area contributed by atoms with E-state index in [1.54, 1.807) is 6.21 Å². The van der Waals surface area contributed by atoms with Crippen molar-refractivity contribution in [2.24, 2.45) is 9.98 Å². The largest absolute Gasteiger partial charge is 0.492 e. The molecule has 0 aromatic carbocycles. The molecule has 0 fully saturated rings. The Morgan fingerprint density at radius 3 is 2.06 bits per heavy atom. The van der Waals surface area contributed by atoms with E-state index in [9.17, 15) is 5.11 Å². The molecule has 0 bridgehead atoms. The third-order valence-electron chi connectivity index (χ3n) is 1.82. The van der Waals surface area contributed by atoms with E-state index in [-0.39, 0.29) is 11.6 Å². The predicted octanol–water partition coefficient (Wildman–Crippen LogP) is 4.44. The van der Waals surface area contributed by atoms with Gasteiger partial charge in [-0.25, -0.2) is 4.99 Å². The van der Waals surface area contributed by atoms with Gasteiger partial charge in [-0.1, -0.05) is 52.8 Å². The lowest BCUT2D eigenvalue weighted by atomic mass is 10.2. The first-order valence-corrected chi connectivity index (χ1v) is 5.83. The molecule has 0 spiro atoms. The van der Waals surface area contributed by atoms with Crippen molar-refractivity contribution in [3.05, 3.63) is 36.4 Å². The van der Waals surface area contributed by atoms with E-state index >= 15 is 0 Å². The van der Waals surface area contributed by atoms with Crippen molar-refractivity contribution in [3.8, 4) is 0 Å². The number of hydrogen-bond acceptors (Lipinski definition) is 3. The minimum atomic E-state index is -0.179. The third kappa shape index (κ3) is 9.30. The van der Waals surface area contributed by atoms with Gasteiger partial charge < -0.3 is 5.11 Å². The summed E-state index contributed by atoms with van der Waals surface area (Å²) < 4.78 is 0. The standard InChI is InChI=1S/C10H14N2O.C4H10/c1-5-7-12-10(13)9(11-4)8(3)6-2;1-3-4-2/h6-7,13H,2-5H2,1H3;3-4H2,1-2H3/b10-9-,12-7-;. The van der Waals surface area contributed by atoms with Gasteiger partial charge in [0.2, 0.25) is 5.88 Å². The Morgan fingerprint density at radius 1 is 1.24 bits per heavy atom. The molecule has 0 heterocycles. The summed E-state index contributed by atoms with van der Waals surface area (Å²) in [7, 11) is 0. The molecule has 1 N–H and O–H groups in total. The summed E-state index contributed by atoms with van der Waals surface area (Å²) in [4.78, 5) is 7.36. The highest BCUT2D eigenvalue weighted by Crippen LogP contribution is 2.14. The quantitative estimate of drug-likeness (QED) is 0.413. The average Bonchev–Trinajstić information content (AvgIpc) is 2.37. The summed E-state index contributed by atoms with van der Waals surface area (Å²) in [6.45, 7) is 16.7. The van der Waals surface area contributed by atoms with E-state index in [0.717, 1.165) is 6.42 Å². The Hall–Kier alpha value is -1.64. The van der Waals surface area contributed by atoms with Gasteiger partial charge in [0.05, 0.1) is 0 Å². The van der Waals surface area contributed by atoms with Crippen LogP contribution in [0.2, 0.25) is 0 Å². The Bertz CT molecular complexity index is 299. The summed E-state index contributed by atoms with van der Waals surface area (Å²) in [5, 5.41) is 9.38. The highest BCUT2D eigenvalue weighted by Gasteiger charge is 2.02. The molecule has 17 heavy (non-hydrogen) atoms. The minimum absolute atomic E-state index is 0.179. The molecule has 96 valence electrons. The van der Waals surface area contributed by atoms with E-state index in [0.29, 0.717) is 5.57 Å². The molecular formula is C14H24N2O. The SMILES string of the molecule is C=CC(=C)/C(N=C)=C(O)\N=C/CC.CCCC. The summed E-state index contributed by atoms with van der Waals surface area (Å²) in [6, 6.07) is 0. The zero-order valence-corrected chi connectivity index (χ0v) is 11.2. The topological polar surface area (TPSA) is 45.0 Å². The van der Waals surface area contributed by atoms with Crippen molar-refractivity contribution in [3.63, 3.8) is 0 Å². The second-order valence-electron chi connectivity index (χ2n) is 3.28. The van der Waals surface area contributed by atoms with Crippen LogP contribution < -0.4 is 0 Å². The fourth-order valence-electron chi connectivity index (χ4n) is 0.651. The number of unbranched alkanes of at least 4 members (excludes halogenated alkanes) is 1. The minimum Gasteiger partial charge on any atom is -0.492 e. The van der Waals surface area contributed by atoms with Gasteiger partial charge in [-0.2, -0.15) is 0 Å². The molecule has 0 aliphatic carbocycles. The van der Waals surface area contributed by atoms with E-state index in [2.05, 4.69) is 43.7 Å². The van der Waals surface area contributed by atoms with Crippen molar-refractivity contribution < 1.29 is 5.11 Å². The molecule has 0 amide bonds. The second-order valence-corrected chi connectivity index (χ2v) is 3.28. The number of allylic oxidation sites excluding steroid dienone is 1. The van der Waals surface area contributed by atoms with Crippen molar-refractivity contribution in [2.45, 2.75) is 40.0 Å². The zero-order valence-electron chi connectivity index (χ0n) is 11.2. The van der Waals surface area contributed by atoms with Crippen LogP contribution in [-0.2, 0) is 0 Å². The molecule has 0 atom stereocenters. The Labute approximate surface area is 105 Å². The molecule has 0 saturated heterocycles. The van der Waals surface area contributed by atoms with Crippen molar-refractivity contribution >= 4 is 12.9 Å². The van der Waals surface area contributed by atoms with E-state index in [1.807, 2.05) is 6.92 Å². The highest BCUT2D eigenvalue weighted by molar-refractivity contribution is 5.58. The highest BCUT2D eigenvalue weighted by atomic mass is 16.3. The summed E-state index contributed by atoms with van der Waals surface area (Å²) in [6.07, 6.45) is 6.45. The van der Waals surface area contributed by atoms with Crippen molar-refractivity contribution in [2.75, 3.05) is 0 Å². The number of aliphatic hydroxyl groups excluding tert-OH is 1. The van der Waals surface area contributed by atoms with E-state index in [4.69, 9.17) is 0 Å². The van der Waals surface area contributed by atoms with Gasteiger partial charge in [-0.3, -0.25) is 4.99 Å². The Morgan fingerprint density at radius 2 is 1.76 bits per heavy atom. The Balaban J connectivity index is 0. The molecule has 0 rings (SSSR count). The molecule has 0 unspecified atom stereocenters. The zero-order chi connectivity index (χ0) is 13.7. The lowest BCUT2D eigenvalue weighted by molar-refractivity contribution is 0.401. The predicted molar refractivity (Wildman–Crippen MR) is 77.9 cm³/mol. The lowest BCUT2D eigenvalue weighted by Gasteiger charge is -2.00. The van der Waals surface area contributed by atoms with Crippen LogP contribution in [0.3, 0.4) is 0 Å². The molecular weight excluding hydrogens is 212 g/mol. The summed E-state index contributed by atoms with van der Waals surface area (Å²) in [5.74, 6) is -0.179. The van der Waals surface area contributed by atoms with Crippen LogP contribution in [0.5, 0.6) is 0 Å². The van der Waals surface area contributed by atoms with Crippen LogP contribution in [0.25, 0.3) is 0 Å². The van der Waals surface area contributed by atoms with Crippen LogP contribution in [-0.4, -0.2) is 18.0 Å². The van der Waals surface area contributed by atoms with Crippen LogP contribution in [0, 0.1) is 0 Å². The van der Waals surface area contributed by atoms with Crippen LogP contribution in [0.4, 0.5) is 0 Å². The van der Waals surface area contributed by atoms with Crippen molar-refractivity contribution in [1.29, 1.82) is 0 Å². The number of hydrogen-bond donors (Lipinski definition) is 1. The third-order valence-corrected chi connectivity index (χ3v) is 1.82. The van der Waals surface area contributed by atoms with Crippen LogP contribution in [0.15, 0.2) is 46.4 Å². The normalized spacial score (nSPS) is 11.2. The summed E-state index contributed by atoms with van der Waals surface area (Å²) in [5.41, 5.74) is 0.764. The molecule has 0 aromatic heterocycles. The molecule has 0 aliphatic heterocycles. The molecule has 0 saturated carbocycles. The molecule has 3 heteroatoms. The number of aliphatic hydroxyl groups is 1. The maximum Gasteiger partial charge on any atom is 0.237 e. The van der Waals surface area contributed by atoms with Gasteiger partial charge in [0.15, 0.2) is 0 Å². The summed E-state index contributed by atoms with van der Waals surface area (Å²) >= 11 is 0. The van der Waals surface area contributed by atoms with Crippen LogP contribution >= 0.6 is 0 Å². The van der Waals surface area contributed by atoms with Crippen LogP contribution in [0.1, 0.15) is 40.0 Å². The average molecular weight is 236 g/mol. The number of aliphatic imine (C=N–C) groups is 2. The maximum atomic E-state index is 9.38. The first kappa shape index (κ1) is 17.7. The monoisotopic (exact) mass is 236 g/mol. The number of nitrogens with zero attached hydrogens (tertiary/aromatic N) is 2. The maximum absolute atomic E-state index is 9.38. The molecule has 3 nitrogen and oxygen atoms in total. The van der Waals surface area contributed by atoms with Gasteiger partial charge in [-0.15, -0.1) is 0 Å². The first-order chi connectivity index (χ1) is 8.08. The Kier molecular flexibility index (Phi) is 13.0. The fourth-order valence-corrected chi connectivity index (χ4v) is 0.651. The smallest absolute Gasteiger partial charge is 0.237 e. The number of rotatable bonds is 6. The second kappa shape index (κ2) is 12.4. The van der Waals surface area contributed by atoms with Gasteiger partial charge >= 0.3 is 0 Å². The molecule has 0 radical (unpaired) electrons. The molecule has 0 aliphatic rings. The molecule has 0 aromatic rings.